The molecule has 3 nitrogen and oxygen atoms in total. The molecule has 5 aromatic carbocycles. The third-order valence-electron chi connectivity index (χ3n) is 8.50. The monoisotopic (exact) mass is 528 g/mol. The number of hydrogen-bond donors (Lipinski definition) is 0. The molecule has 0 amide bonds. The standard InChI is InChI=1S/C38H28N2O/c1-38(2)32-23-24-39-37(34(32)31-22-21-30-29-15-9-10-16-33(29)41-36(30)35(31)38)40(27-13-7-4-8-14-27)28-19-17-26(18-20-28)25-11-5-3-6-12-25/h3-24H,1-2H3. The quantitative estimate of drug-likeness (QED) is 0.228. The van der Waals surface area contributed by atoms with Crippen molar-refractivity contribution in [2.45, 2.75) is 19.3 Å². The molecule has 0 aliphatic heterocycles. The summed E-state index contributed by atoms with van der Waals surface area (Å²) in [7, 11) is 0. The van der Waals surface area contributed by atoms with E-state index >= 15 is 0 Å². The van der Waals surface area contributed by atoms with Gasteiger partial charge in [-0.3, -0.25) is 4.90 Å². The summed E-state index contributed by atoms with van der Waals surface area (Å²) in [6.45, 7) is 4.60. The van der Waals surface area contributed by atoms with E-state index in [0.29, 0.717) is 0 Å². The number of benzene rings is 5. The first-order valence-corrected chi connectivity index (χ1v) is 14.1. The fourth-order valence-corrected chi connectivity index (χ4v) is 6.56. The Morgan fingerprint density at radius 3 is 2.05 bits per heavy atom. The number of hydrogen-bond acceptors (Lipinski definition) is 3. The van der Waals surface area contributed by atoms with Gasteiger partial charge in [0.2, 0.25) is 0 Å². The minimum absolute atomic E-state index is 0.255. The highest BCUT2D eigenvalue weighted by Gasteiger charge is 2.41. The first-order valence-electron chi connectivity index (χ1n) is 14.1. The molecule has 0 N–H and O–H groups in total. The molecule has 0 saturated heterocycles. The molecule has 0 saturated carbocycles. The van der Waals surface area contributed by atoms with Gasteiger partial charge in [-0.05, 0) is 64.7 Å². The van der Waals surface area contributed by atoms with E-state index in [1.54, 1.807) is 0 Å². The summed E-state index contributed by atoms with van der Waals surface area (Å²) in [5.41, 5.74) is 11.0. The SMILES string of the molecule is CC1(C)c2ccnc(N(c3ccccc3)c3ccc(-c4ccccc4)cc3)c2-c2ccc3c(oc4ccccc43)c21. The van der Waals surface area contributed by atoms with Crippen molar-refractivity contribution in [1.29, 1.82) is 0 Å². The summed E-state index contributed by atoms with van der Waals surface area (Å²) in [5.74, 6) is 0.920. The molecule has 3 heteroatoms. The molecule has 2 heterocycles. The molecule has 0 unspecified atom stereocenters. The molecule has 0 spiro atoms. The lowest BCUT2D eigenvalue weighted by Gasteiger charge is -2.27. The first-order chi connectivity index (χ1) is 20.1. The third kappa shape index (κ3) is 3.56. The molecule has 8 rings (SSSR count). The molecule has 0 fully saturated rings. The maximum Gasteiger partial charge on any atom is 0.145 e. The van der Waals surface area contributed by atoms with Crippen molar-refractivity contribution in [2.24, 2.45) is 0 Å². The molecule has 0 atom stereocenters. The third-order valence-corrected chi connectivity index (χ3v) is 8.50. The van der Waals surface area contributed by atoms with Gasteiger partial charge in [0.25, 0.3) is 0 Å². The van der Waals surface area contributed by atoms with Crippen LogP contribution in [0.25, 0.3) is 44.2 Å². The Morgan fingerprint density at radius 1 is 0.610 bits per heavy atom. The highest BCUT2D eigenvalue weighted by Crippen LogP contribution is 2.56. The number of aromatic nitrogens is 1. The Labute approximate surface area is 239 Å². The Bertz CT molecular complexity index is 2060. The fourth-order valence-electron chi connectivity index (χ4n) is 6.56. The predicted octanol–water partition coefficient (Wildman–Crippen LogP) is 10.4. The van der Waals surface area contributed by atoms with E-state index in [4.69, 9.17) is 9.40 Å². The van der Waals surface area contributed by atoms with Crippen LogP contribution in [0.3, 0.4) is 0 Å². The van der Waals surface area contributed by atoms with Crippen LogP contribution in [-0.4, -0.2) is 4.98 Å². The van der Waals surface area contributed by atoms with Crippen LogP contribution in [-0.2, 0) is 5.41 Å². The number of furan rings is 1. The Hall–Kier alpha value is -5.15. The zero-order valence-corrected chi connectivity index (χ0v) is 23.0. The number of fused-ring (bicyclic) bond motifs is 7. The van der Waals surface area contributed by atoms with Crippen LogP contribution in [0.2, 0.25) is 0 Å². The lowest BCUT2D eigenvalue weighted by atomic mass is 9.82. The summed E-state index contributed by atoms with van der Waals surface area (Å²) >= 11 is 0. The minimum atomic E-state index is -0.255. The number of anilines is 3. The first kappa shape index (κ1) is 23.7. The zero-order valence-electron chi connectivity index (χ0n) is 23.0. The molecule has 0 radical (unpaired) electrons. The van der Waals surface area contributed by atoms with Crippen LogP contribution in [0, 0.1) is 0 Å². The lowest BCUT2D eigenvalue weighted by Crippen LogP contribution is -2.17. The number of nitrogens with zero attached hydrogens (tertiary/aromatic N) is 2. The van der Waals surface area contributed by atoms with Crippen molar-refractivity contribution < 1.29 is 4.42 Å². The maximum absolute atomic E-state index is 6.55. The smallest absolute Gasteiger partial charge is 0.145 e. The van der Waals surface area contributed by atoms with Crippen molar-refractivity contribution in [3.63, 3.8) is 0 Å². The number of rotatable bonds is 4. The van der Waals surface area contributed by atoms with E-state index in [9.17, 15) is 0 Å². The van der Waals surface area contributed by atoms with E-state index in [0.717, 1.165) is 44.7 Å². The van der Waals surface area contributed by atoms with Gasteiger partial charge in [-0.2, -0.15) is 0 Å². The van der Waals surface area contributed by atoms with Crippen LogP contribution in [0.5, 0.6) is 0 Å². The van der Waals surface area contributed by atoms with Crippen molar-refractivity contribution in [3.8, 4) is 22.3 Å². The van der Waals surface area contributed by atoms with Gasteiger partial charge in [-0.15, -0.1) is 0 Å². The Kier molecular flexibility index (Phi) is 5.17. The topological polar surface area (TPSA) is 29.3 Å². The fraction of sp³-hybridized carbons (Fsp3) is 0.0789. The zero-order chi connectivity index (χ0) is 27.6. The van der Waals surface area contributed by atoms with Crippen molar-refractivity contribution in [2.75, 3.05) is 4.90 Å². The predicted molar refractivity (Wildman–Crippen MR) is 169 cm³/mol. The molecular formula is C38H28N2O. The number of pyridine rings is 1. The van der Waals surface area contributed by atoms with Crippen molar-refractivity contribution in [1.82, 2.24) is 4.98 Å². The van der Waals surface area contributed by atoms with Crippen molar-refractivity contribution >= 4 is 39.1 Å². The molecule has 41 heavy (non-hydrogen) atoms. The van der Waals surface area contributed by atoms with Crippen LogP contribution in [0.15, 0.2) is 138 Å². The largest absolute Gasteiger partial charge is 0.456 e. The molecule has 2 aromatic heterocycles. The number of para-hydroxylation sites is 2. The molecule has 1 aliphatic carbocycles. The summed E-state index contributed by atoms with van der Waals surface area (Å²) in [5, 5.41) is 2.31. The van der Waals surface area contributed by atoms with Gasteiger partial charge in [0.05, 0.1) is 0 Å². The molecule has 1 aliphatic rings. The summed E-state index contributed by atoms with van der Waals surface area (Å²) in [6, 6.07) is 44.8. The molecule has 0 bridgehead atoms. The van der Waals surface area contributed by atoms with Crippen LogP contribution >= 0.6 is 0 Å². The van der Waals surface area contributed by atoms with E-state index in [-0.39, 0.29) is 5.41 Å². The second kappa shape index (κ2) is 8.94. The highest BCUT2D eigenvalue weighted by molar-refractivity contribution is 6.10. The van der Waals surface area contributed by atoms with Gasteiger partial charge in [0.1, 0.15) is 17.0 Å². The van der Waals surface area contributed by atoms with Gasteiger partial charge < -0.3 is 4.42 Å². The summed E-state index contributed by atoms with van der Waals surface area (Å²) in [4.78, 5) is 7.35. The van der Waals surface area contributed by atoms with Gasteiger partial charge in [-0.1, -0.05) is 98.8 Å². The van der Waals surface area contributed by atoms with E-state index in [1.807, 2.05) is 12.3 Å². The van der Waals surface area contributed by atoms with Crippen LogP contribution in [0.1, 0.15) is 25.0 Å². The van der Waals surface area contributed by atoms with Crippen LogP contribution in [0.4, 0.5) is 17.2 Å². The maximum atomic E-state index is 6.55. The van der Waals surface area contributed by atoms with E-state index in [2.05, 4.69) is 140 Å². The highest BCUT2D eigenvalue weighted by atomic mass is 16.3. The Morgan fingerprint density at radius 2 is 1.27 bits per heavy atom. The average molecular weight is 529 g/mol. The summed E-state index contributed by atoms with van der Waals surface area (Å²) in [6.07, 6.45) is 1.95. The second-order valence-electron chi connectivity index (χ2n) is 11.2. The summed E-state index contributed by atoms with van der Waals surface area (Å²) < 4.78 is 6.55. The van der Waals surface area contributed by atoms with Gasteiger partial charge in [-0.25, -0.2) is 4.98 Å². The van der Waals surface area contributed by atoms with E-state index < -0.39 is 0 Å². The van der Waals surface area contributed by atoms with Gasteiger partial charge in [0.15, 0.2) is 0 Å². The molecule has 196 valence electrons. The van der Waals surface area contributed by atoms with Crippen molar-refractivity contribution in [3.05, 3.63) is 145 Å². The molecular weight excluding hydrogens is 500 g/mol. The van der Waals surface area contributed by atoms with Gasteiger partial charge >= 0.3 is 0 Å². The Balaban J connectivity index is 1.36. The average Bonchev–Trinajstić information content (AvgIpc) is 3.51. The minimum Gasteiger partial charge on any atom is -0.456 e. The van der Waals surface area contributed by atoms with E-state index in [1.165, 1.54) is 27.8 Å². The van der Waals surface area contributed by atoms with Crippen LogP contribution < -0.4 is 4.90 Å². The normalized spacial score (nSPS) is 13.3. The second-order valence-corrected chi connectivity index (χ2v) is 11.2. The lowest BCUT2D eigenvalue weighted by molar-refractivity contribution is 0.619. The molecule has 7 aromatic rings. The van der Waals surface area contributed by atoms with Gasteiger partial charge in [0, 0.05) is 44.9 Å².